The van der Waals surface area contributed by atoms with Gasteiger partial charge in [-0.3, -0.25) is 9.59 Å². The van der Waals surface area contributed by atoms with Crippen LogP contribution < -0.4 is 5.56 Å². The second-order valence-corrected chi connectivity index (χ2v) is 5.23. The van der Waals surface area contributed by atoms with Gasteiger partial charge in [0, 0.05) is 6.54 Å². The zero-order valence-electron chi connectivity index (χ0n) is 11.7. The third kappa shape index (κ3) is 1.80. The van der Waals surface area contributed by atoms with Gasteiger partial charge < -0.3 is 19.1 Å². The van der Waals surface area contributed by atoms with Crippen molar-refractivity contribution in [1.82, 2.24) is 4.57 Å². The molecule has 0 radical (unpaired) electrons. The molecule has 0 aromatic carbocycles. The first-order valence-corrected chi connectivity index (χ1v) is 6.69. The minimum Gasteiger partial charge on any atom is -0.465 e. The van der Waals surface area contributed by atoms with E-state index < -0.39 is 24.0 Å². The van der Waals surface area contributed by atoms with E-state index in [9.17, 15) is 19.5 Å². The minimum absolute atomic E-state index is 0.126. The molecule has 7 heteroatoms. The first-order valence-electron chi connectivity index (χ1n) is 6.69. The standard InChI is InChI=1S/C14H15NO6/c1-6-9-7(5-21-13(6)18)12(17)15-4-3-8(16)11(15)10(9)14(19)20-2/h6,8,16H,3-5H2,1-2H3. The van der Waals surface area contributed by atoms with Crippen LogP contribution in [0.4, 0.5) is 0 Å². The molecular weight excluding hydrogens is 278 g/mol. The SMILES string of the molecule is COC(=O)c1c2c(c(=O)n3c1C(O)CC3)COC(=O)C2C. The molecule has 1 aromatic heterocycles. The summed E-state index contributed by atoms with van der Waals surface area (Å²) in [5.41, 5.74) is 0.674. The van der Waals surface area contributed by atoms with Crippen molar-refractivity contribution in [2.75, 3.05) is 7.11 Å². The number of rotatable bonds is 1. The molecule has 0 bridgehead atoms. The number of carbonyl (C=O) groups is 2. The molecule has 3 rings (SSSR count). The largest absolute Gasteiger partial charge is 0.465 e. The normalized spacial score (nSPS) is 23.3. The summed E-state index contributed by atoms with van der Waals surface area (Å²) in [5, 5.41) is 10.1. The molecule has 0 aliphatic carbocycles. The Hall–Kier alpha value is -2.15. The molecule has 2 aliphatic heterocycles. The summed E-state index contributed by atoms with van der Waals surface area (Å²) >= 11 is 0. The van der Waals surface area contributed by atoms with Crippen molar-refractivity contribution in [3.63, 3.8) is 0 Å². The molecule has 0 fully saturated rings. The van der Waals surface area contributed by atoms with Crippen LogP contribution in [-0.2, 0) is 27.4 Å². The van der Waals surface area contributed by atoms with Crippen LogP contribution in [0.25, 0.3) is 0 Å². The lowest BCUT2D eigenvalue weighted by Gasteiger charge is -2.26. The van der Waals surface area contributed by atoms with Crippen molar-refractivity contribution in [2.24, 2.45) is 0 Å². The van der Waals surface area contributed by atoms with Crippen LogP contribution in [0.5, 0.6) is 0 Å². The molecule has 0 saturated carbocycles. The highest BCUT2D eigenvalue weighted by molar-refractivity contribution is 5.96. The van der Waals surface area contributed by atoms with E-state index >= 15 is 0 Å². The molecule has 1 N–H and O–H groups in total. The van der Waals surface area contributed by atoms with Crippen LogP contribution in [0.1, 0.15) is 52.5 Å². The number of cyclic esters (lactones) is 1. The molecule has 0 amide bonds. The molecular formula is C14H15NO6. The van der Waals surface area contributed by atoms with Gasteiger partial charge in [-0.2, -0.15) is 0 Å². The van der Waals surface area contributed by atoms with Gasteiger partial charge >= 0.3 is 11.9 Å². The molecule has 3 heterocycles. The Morgan fingerprint density at radius 3 is 2.81 bits per heavy atom. The number of aromatic nitrogens is 1. The van der Waals surface area contributed by atoms with Gasteiger partial charge in [0.25, 0.3) is 5.56 Å². The Morgan fingerprint density at radius 2 is 2.14 bits per heavy atom. The van der Waals surface area contributed by atoms with Crippen molar-refractivity contribution < 1.29 is 24.2 Å². The number of methoxy groups -OCH3 is 1. The molecule has 112 valence electrons. The molecule has 1 aromatic rings. The quantitative estimate of drug-likeness (QED) is 0.745. The first-order chi connectivity index (χ1) is 9.97. The van der Waals surface area contributed by atoms with Crippen LogP contribution in [-0.4, -0.2) is 28.7 Å². The van der Waals surface area contributed by atoms with Gasteiger partial charge in [0.2, 0.25) is 0 Å². The maximum Gasteiger partial charge on any atom is 0.340 e. The fraction of sp³-hybridized carbons (Fsp3) is 0.500. The number of aliphatic hydroxyl groups is 1. The number of carbonyl (C=O) groups excluding carboxylic acids is 2. The second-order valence-electron chi connectivity index (χ2n) is 5.23. The average molecular weight is 293 g/mol. The van der Waals surface area contributed by atoms with Gasteiger partial charge in [0.1, 0.15) is 6.61 Å². The summed E-state index contributed by atoms with van der Waals surface area (Å²) in [6, 6.07) is 0. The first kappa shape index (κ1) is 13.8. The van der Waals surface area contributed by atoms with Gasteiger partial charge in [-0.05, 0) is 18.9 Å². The van der Waals surface area contributed by atoms with Gasteiger partial charge in [-0.15, -0.1) is 0 Å². The topological polar surface area (TPSA) is 94.8 Å². The number of hydrogen-bond donors (Lipinski definition) is 1. The van der Waals surface area contributed by atoms with E-state index in [1.807, 2.05) is 0 Å². The van der Waals surface area contributed by atoms with E-state index in [-0.39, 0.29) is 23.4 Å². The maximum atomic E-state index is 12.5. The highest BCUT2D eigenvalue weighted by Gasteiger charge is 2.39. The van der Waals surface area contributed by atoms with E-state index in [1.54, 1.807) is 6.92 Å². The fourth-order valence-electron chi connectivity index (χ4n) is 3.09. The minimum atomic E-state index is -0.915. The lowest BCUT2D eigenvalue weighted by atomic mass is 9.88. The lowest BCUT2D eigenvalue weighted by molar-refractivity contribution is -0.147. The Balaban J connectivity index is 2.41. The smallest absolute Gasteiger partial charge is 0.340 e. The molecule has 2 aliphatic rings. The highest BCUT2D eigenvalue weighted by Crippen LogP contribution is 2.36. The van der Waals surface area contributed by atoms with Gasteiger partial charge in [0.05, 0.1) is 36.0 Å². The number of nitrogens with zero attached hydrogens (tertiary/aromatic N) is 1. The molecule has 2 unspecified atom stereocenters. The average Bonchev–Trinajstić information content (AvgIpc) is 2.85. The summed E-state index contributed by atoms with van der Waals surface area (Å²) in [5.74, 6) is -1.89. The number of pyridine rings is 1. The Labute approximate surface area is 120 Å². The van der Waals surface area contributed by atoms with Crippen molar-refractivity contribution >= 4 is 11.9 Å². The summed E-state index contributed by atoms with van der Waals surface area (Å²) in [6.45, 7) is 1.75. The molecule has 21 heavy (non-hydrogen) atoms. The van der Waals surface area contributed by atoms with E-state index in [4.69, 9.17) is 9.47 Å². The van der Waals surface area contributed by atoms with Crippen LogP contribution in [0.2, 0.25) is 0 Å². The van der Waals surface area contributed by atoms with Crippen molar-refractivity contribution in [3.05, 3.63) is 32.7 Å². The van der Waals surface area contributed by atoms with Crippen LogP contribution in [0, 0.1) is 0 Å². The Kier molecular flexibility index (Phi) is 3.09. The number of aliphatic hydroxyl groups excluding tert-OH is 1. The fourth-order valence-corrected chi connectivity index (χ4v) is 3.09. The Morgan fingerprint density at radius 1 is 1.43 bits per heavy atom. The molecule has 0 saturated heterocycles. The summed E-state index contributed by atoms with van der Waals surface area (Å²) in [4.78, 5) is 36.4. The number of esters is 2. The van der Waals surface area contributed by atoms with Crippen LogP contribution in [0.3, 0.4) is 0 Å². The van der Waals surface area contributed by atoms with Crippen LogP contribution >= 0.6 is 0 Å². The number of hydrogen-bond acceptors (Lipinski definition) is 6. The van der Waals surface area contributed by atoms with Gasteiger partial charge in [-0.25, -0.2) is 4.79 Å². The van der Waals surface area contributed by atoms with Crippen molar-refractivity contribution in [2.45, 2.75) is 38.5 Å². The van der Waals surface area contributed by atoms with Gasteiger partial charge in [0.15, 0.2) is 0 Å². The van der Waals surface area contributed by atoms with E-state index in [0.29, 0.717) is 24.1 Å². The van der Waals surface area contributed by atoms with Gasteiger partial charge in [-0.1, -0.05) is 0 Å². The third-order valence-electron chi connectivity index (χ3n) is 4.12. The lowest BCUT2D eigenvalue weighted by Crippen LogP contribution is -2.35. The maximum absolute atomic E-state index is 12.5. The third-order valence-corrected chi connectivity index (χ3v) is 4.12. The van der Waals surface area contributed by atoms with E-state index in [1.165, 1.54) is 11.7 Å². The van der Waals surface area contributed by atoms with Crippen molar-refractivity contribution in [1.29, 1.82) is 0 Å². The van der Waals surface area contributed by atoms with E-state index in [0.717, 1.165) is 0 Å². The predicted molar refractivity (Wildman–Crippen MR) is 69.8 cm³/mol. The van der Waals surface area contributed by atoms with Crippen molar-refractivity contribution in [3.8, 4) is 0 Å². The molecule has 0 spiro atoms. The molecule has 7 nitrogen and oxygen atoms in total. The zero-order chi connectivity index (χ0) is 15.3. The Bertz CT molecular complexity index is 704. The molecule has 2 atom stereocenters. The number of fused-ring (bicyclic) bond motifs is 2. The monoisotopic (exact) mass is 293 g/mol. The number of ether oxygens (including phenoxy) is 2. The zero-order valence-corrected chi connectivity index (χ0v) is 11.7. The second kappa shape index (κ2) is 4.70. The van der Waals surface area contributed by atoms with E-state index in [2.05, 4.69) is 0 Å². The highest BCUT2D eigenvalue weighted by atomic mass is 16.5. The summed E-state index contributed by atoms with van der Waals surface area (Å²) in [7, 11) is 1.23. The predicted octanol–water partition coefficient (Wildman–Crippen LogP) is 0.232. The van der Waals surface area contributed by atoms with Crippen LogP contribution in [0.15, 0.2) is 4.79 Å². The summed E-state index contributed by atoms with van der Waals surface area (Å²) < 4.78 is 11.1. The summed E-state index contributed by atoms with van der Waals surface area (Å²) in [6.07, 6.45) is -0.562.